The normalized spacial score (nSPS) is 16.6. The molecule has 0 radical (unpaired) electrons. The van der Waals surface area contributed by atoms with Crippen LogP contribution in [0, 0.1) is 11.6 Å². The van der Waals surface area contributed by atoms with Gasteiger partial charge >= 0.3 is 0 Å². The Bertz CT molecular complexity index is 1180. The summed E-state index contributed by atoms with van der Waals surface area (Å²) in [5.74, 6) is -4.23. The Hall–Kier alpha value is -3.48. The maximum Gasteiger partial charge on any atom is 0.280 e. The number of amides is 2. The van der Waals surface area contributed by atoms with Crippen molar-refractivity contribution in [2.24, 2.45) is 0 Å². The molecular formula is C20H17ClF2N6O4. The summed E-state index contributed by atoms with van der Waals surface area (Å²) in [4.78, 5) is 30.7. The second-order valence-electron chi connectivity index (χ2n) is 7.09. The van der Waals surface area contributed by atoms with Gasteiger partial charge in [-0.3, -0.25) is 14.4 Å². The summed E-state index contributed by atoms with van der Waals surface area (Å²) in [5, 5.41) is 25.1. The van der Waals surface area contributed by atoms with Crippen molar-refractivity contribution in [3.63, 3.8) is 0 Å². The topological polar surface area (TPSA) is 122 Å². The van der Waals surface area contributed by atoms with E-state index in [1.165, 1.54) is 11.0 Å². The van der Waals surface area contributed by atoms with Gasteiger partial charge in [0.25, 0.3) is 5.91 Å². The summed E-state index contributed by atoms with van der Waals surface area (Å²) in [7, 11) is 0. The fraction of sp³-hybridized carbons (Fsp3) is 0.250. The van der Waals surface area contributed by atoms with Gasteiger partial charge in [0.15, 0.2) is 17.7 Å². The van der Waals surface area contributed by atoms with Crippen LogP contribution in [0.2, 0.25) is 5.02 Å². The zero-order chi connectivity index (χ0) is 23.5. The quantitative estimate of drug-likeness (QED) is 0.550. The molecule has 0 saturated carbocycles. The number of benzene rings is 2. The number of hydroxylamine groups is 2. The molecule has 2 atom stereocenters. The lowest BCUT2D eigenvalue weighted by Crippen LogP contribution is -2.46. The monoisotopic (exact) mass is 478 g/mol. The summed E-state index contributed by atoms with van der Waals surface area (Å²) in [6.07, 6.45) is -0.522. The molecule has 4 rings (SSSR count). The van der Waals surface area contributed by atoms with E-state index in [1.54, 1.807) is 18.2 Å². The van der Waals surface area contributed by atoms with Crippen LogP contribution in [0.3, 0.4) is 0 Å². The van der Waals surface area contributed by atoms with Crippen molar-refractivity contribution < 1.29 is 28.3 Å². The zero-order valence-corrected chi connectivity index (χ0v) is 17.6. The van der Waals surface area contributed by atoms with E-state index < -0.39 is 41.2 Å². The first-order valence-electron chi connectivity index (χ1n) is 9.74. The minimum Gasteiger partial charge on any atom is -0.378 e. The van der Waals surface area contributed by atoms with Gasteiger partial charge in [0.2, 0.25) is 5.91 Å². The lowest BCUT2D eigenvalue weighted by Gasteiger charge is -2.24. The van der Waals surface area contributed by atoms with Crippen molar-refractivity contribution in [3.8, 4) is 5.69 Å². The average Bonchev–Trinajstić information content (AvgIpc) is 3.51. The molecule has 2 heterocycles. The second kappa shape index (κ2) is 9.57. The zero-order valence-electron chi connectivity index (χ0n) is 16.9. The number of aliphatic hydroxyl groups is 1. The van der Waals surface area contributed by atoms with Crippen molar-refractivity contribution in [1.82, 2.24) is 30.6 Å². The molecule has 1 saturated heterocycles. The minimum atomic E-state index is -2.05. The SMILES string of the molecule is O=C(NCc1cc(Cl)ccc1-n1cnnn1)[C@@H]1CCON1C(=O)C(O)c1cccc(F)c1F. The predicted molar refractivity (Wildman–Crippen MR) is 109 cm³/mol. The molecule has 13 heteroatoms. The lowest BCUT2D eigenvalue weighted by molar-refractivity contribution is -0.188. The van der Waals surface area contributed by atoms with Crippen molar-refractivity contribution in [3.05, 3.63) is 70.5 Å². The standard InChI is InChI=1S/C20H17ClF2N6O4/c21-12-4-5-15(28-10-25-26-27-28)11(8-12)9-24-19(31)16-6-7-33-29(16)20(32)18(30)13-2-1-3-14(22)17(13)23/h1-5,8,10,16,18,30H,6-7,9H2,(H,24,31)/t16-,18?/m0/s1. The number of hydrogen-bond donors (Lipinski definition) is 2. The Balaban J connectivity index is 1.47. The molecule has 0 spiro atoms. The molecule has 0 aliphatic carbocycles. The number of tetrazole rings is 1. The van der Waals surface area contributed by atoms with E-state index in [1.807, 2.05) is 0 Å². The molecule has 2 N–H and O–H groups in total. The molecule has 1 fully saturated rings. The first-order chi connectivity index (χ1) is 15.9. The maximum atomic E-state index is 14.0. The van der Waals surface area contributed by atoms with Crippen molar-refractivity contribution >= 4 is 23.4 Å². The molecule has 1 unspecified atom stereocenters. The van der Waals surface area contributed by atoms with E-state index in [2.05, 4.69) is 20.8 Å². The van der Waals surface area contributed by atoms with E-state index in [9.17, 15) is 23.5 Å². The molecule has 172 valence electrons. The fourth-order valence-corrected chi connectivity index (χ4v) is 3.60. The van der Waals surface area contributed by atoms with Crippen LogP contribution in [0.4, 0.5) is 8.78 Å². The van der Waals surface area contributed by atoms with Crippen LogP contribution in [0.5, 0.6) is 0 Å². The molecule has 10 nitrogen and oxygen atoms in total. The highest BCUT2D eigenvalue weighted by Gasteiger charge is 2.39. The van der Waals surface area contributed by atoms with Gasteiger partial charge in [-0.05, 0) is 40.3 Å². The average molecular weight is 479 g/mol. The summed E-state index contributed by atoms with van der Waals surface area (Å²) in [5.41, 5.74) is 0.624. The highest BCUT2D eigenvalue weighted by Crippen LogP contribution is 2.25. The van der Waals surface area contributed by atoms with Crippen LogP contribution in [-0.4, -0.2) is 54.8 Å². The molecule has 1 aromatic heterocycles. The number of nitrogens with zero attached hydrogens (tertiary/aromatic N) is 5. The van der Waals surface area contributed by atoms with Gasteiger partial charge in [0.05, 0.1) is 12.3 Å². The van der Waals surface area contributed by atoms with Crippen molar-refractivity contribution in [1.29, 1.82) is 0 Å². The van der Waals surface area contributed by atoms with Crippen LogP contribution < -0.4 is 5.32 Å². The maximum absolute atomic E-state index is 14.0. The number of aliphatic hydroxyl groups excluding tert-OH is 1. The predicted octanol–water partition coefficient (Wildman–Crippen LogP) is 1.48. The van der Waals surface area contributed by atoms with Crippen LogP contribution >= 0.6 is 11.6 Å². The fourth-order valence-electron chi connectivity index (χ4n) is 3.40. The van der Waals surface area contributed by atoms with E-state index in [0.717, 1.165) is 18.2 Å². The van der Waals surface area contributed by atoms with Gasteiger partial charge in [0, 0.05) is 23.6 Å². The molecule has 0 bridgehead atoms. The highest BCUT2D eigenvalue weighted by atomic mass is 35.5. The van der Waals surface area contributed by atoms with Gasteiger partial charge in [0.1, 0.15) is 12.4 Å². The third-order valence-electron chi connectivity index (χ3n) is 5.03. The van der Waals surface area contributed by atoms with Crippen LogP contribution in [-0.2, 0) is 21.0 Å². The second-order valence-corrected chi connectivity index (χ2v) is 7.53. The number of aromatic nitrogens is 4. The molecule has 33 heavy (non-hydrogen) atoms. The van der Waals surface area contributed by atoms with E-state index in [0.29, 0.717) is 21.3 Å². The largest absolute Gasteiger partial charge is 0.378 e. The number of rotatable bonds is 6. The Morgan fingerprint density at radius 3 is 2.88 bits per heavy atom. The van der Waals surface area contributed by atoms with E-state index in [4.69, 9.17) is 16.4 Å². The van der Waals surface area contributed by atoms with Gasteiger partial charge in [-0.1, -0.05) is 23.7 Å². The Morgan fingerprint density at radius 2 is 2.12 bits per heavy atom. The molecule has 1 aliphatic heterocycles. The summed E-state index contributed by atoms with van der Waals surface area (Å²) < 4.78 is 28.9. The summed E-state index contributed by atoms with van der Waals surface area (Å²) >= 11 is 6.07. The highest BCUT2D eigenvalue weighted by molar-refractivity contribution is 6.30. The molecule has 2 aromatic carbocycles. The first kappa shape index (κ1) is 22.7. The Morgan fingerprint density at radius 1 is 1.30 bits per heavy atom. The smallest absolute Gasteiger partial charge is 0.280 e. The minimum absolute atomic E-state index is 0.0220. The van der Waals surface area contributed by atoms with Crippen molar-refractivity contribution in [2.45, 2.75) is 25.1 Å². The molecular weight excluding hydrogens is 462 g/mol. The van der Waals surface area contributed by atoms with Gasteiger partial charge in [-0.25, -0.2) is 18.5 Å². The van der Waals surface area contributed by atoms with Crippen LogP contribution in [0.1, 0.15) is 23.7 Å². The van der Waals surface area contributed by atoms with Gasteiger partial charge < -0.3 is 10.4 Å². The van der Waals surface area contributed by atoms with Gasteiger partial charge in [-0.2, -0.15) is 0 Å². The third kappa shape index (κ3) is 4.67. The first-order valence-corrected chi connectivity index (χ1v) is 10.1. The van der Waals surface area contributed by atoms with E-state index >= 15 is 0 Å². The number of hydrogen-bond acceptors (Lipinski definition) is 7. The van der Waals surface area contributed by atoms with Crippen molar-refractivity contribution in [2.75, 3.05) is 6.61 Å². The molecule has 2 amide bonds. The Labute approximate surface area is 190 Å². The lowest BCUT2D eigenvalue weighted by atomic mass is 10.1. The summed E-state index contributed by atoms with van der Waals surface area (Å²) in [6.45, 7) is 0.0451. The van der Waals surface area contributed by atoms with E-state index in [-0.39, 0.29) is 19.6 Å². The Kier molecular flexibility index (Phi) is 6.58. The third-order valence-corrected chi connectivity index (χ3v) is 5.26. The van der Waals surface area contributed by atoms with Gasteiger partial charge in [-0.15, -0.1) is 5.10 Å². The van der Waals surface area contributed by atoms with Crippen LogP contribution in [0.15, 0.2) is 42.7 Å². The number of carbonyl (C=O) groups is 2. The summed E-state index contributed by atoms with van der Waals surface area (Å²) in [6, 6.07) is 6.96. The molecule has 3 aromatic rings. The molecule has 1 aliphatic rings. The number of halogens is 3. The number of carbonyl (C=O) groups excluding carboxylic acids is 2. The number of nitrogens with one attached hydrogen (secondary N) is 1. The van der Waals surface area contributed by atoms with Crippen LogP contribution in [0.25, 0.3) is 5.69 Å².